The first-order valence-electron chi connectivity index (χ1n) is 11.5. The maximum Gasteiger partial charge on any atom is 0.414 e. The van der Waals surface area contributed by atoms with Gasteiger partial charge in [-0.1, -0.05) is 18.2 Å². The van der Waals surface area contributed by atoms with Crippen LogP contribution in [0.1, 0.15) is 38.2 Å². The van der Waals surface area contributed by atoms with Crippen LogP contribution >= 0.6 is 0 Å². The lowest BCUT2D eigenvalue weighted by Gasteiger charge is -2.37. The number of aliphatic carboxylic acids is 2. The highest BCUT2D eigenvalue weighted by Crippen LogP contribution is 2.26. The van der Waals surface area contributed by atoms with Crippen LogP contribution in [-0.2, 0) is 30.5 Å². The summed E-state index contributed by atoms with van der Waals surface area (Å²) in [5.41, 5.74) is 1.19. The maximum absolute atomic E-state index is 12.9. The zero-order valence-corrected chi connectivity index (χ0v) is 19.8. The van der Waals surface area contributed by atoms with Crippen molar-refractivity contribution in [2.75, 3.05) is 39.9 Å². The van der Waals surface area contributed by atoms with Crippen molar-refractivity contribution in [1.82, 2.24) is 9.80 Å². The van der Waals surface area contributed by atoms with Gasteiger partial charge in [0.2, 0.25) is 5.91 Å². The summed E-state index contributed by atoms with van der Waals surface area (Å²) in [7, 11) is 1.70. The summed E-state index contributed by atoms with van der Waals surface area (Å²) in [6.45, 7) is 6.30. The first-order chi connectivity index (χ1) is 16.3. The zero-order valence-electron chi connectivity index (χ0n) is 19.8. The Hall–Kier alpha value is -3.14. The largest absolute Gasteiger partial charge is 0.496 e. The summed E-state index contributed by atoms with van der Waals surface area (Å²) in [4.78, 5) is 47.3. The van der Waals surface area contributed by atoms with E-state index in [1.165, 1.54) is 5.56 Å². The first kappa shape index (κ1) is 27.1. The van der Waals surface area contributed by atoms with Gasteiger partial charge in [-0.25, -0.2) is 9.59 Å². The van der Waals surface area contributed by atoms with Crippen LogP contribution in [0.5, 0.6) is 5.75 Å². The molecule has 2 aliphatic heterocycles. The molecule has 1 aromatic rings. The fraction of sp³-hybridized carbons (Fsp3) is 0.583. The van der Waals surface area contributed by atoms with Gasteiger partial charge >= 0.3 is 17.9 Å². The van der Waals surface area contributed by atoms with Gasteiger partial charge in [0.25, 0.3) is 0 Å². The normalized spacial score (nSPS) is 17.3. The summed E-state index contributed by atoms with van der Waals surface area (Å²) in [5.74, 6) is -2.52. The number of nitrogens with zero attached hydrogens (tertiary/aromatic N) is 2. The van der Waals surface area contributed by atoms with E-state index in [-0.39, 0.29) is 23.7 Å². The molecule has 2 aliphatic rings. The Morgan fingerprint density at radius 3 is 2.00 bits per heavy atom. The second kappa shape index (κ2) is 13.5. The number of para-hydroxylation sites is 1. The molecule has 0 atom stereocenters. The van der Waals surface area contributed by atoms with E-state index in [4.69, 9.17) is 29.3 Å². The van der Waals surface area contributed by atoms with Gasteiger partial charge in [0, 0.05) is 31.1 Å². The van der Waals surface area contributed by atoms with Crippen molar-refractivity contribution >= 4 is 23.8 Å². The summed E-state index contributed by atoms with van der Waals surface area (Å²) in [6, 6.07) is 8.11. The number of carboxylic acid groups (broad SMARTS) is 2. The Labute approximate surface area is 199 Å². The van der Waals surface area contributed by atoms with Crippen LogP contribution in [0.3, 0.4) is 0 Å². The highest BCUT2D eigenvalue weighted by Gasteiger charge is 2.33. The predicted octanol–water partition coefficient (Wildman–Crippen LogP) is 1.86. The highest BCUT2D eigenvalue weighted by atomic mass is 16.5. The number of methoxy groups -OCH3 is 1. The minimum Gasteiger partial charge on any atom is -0.496 e. The molecular formula is C24H34N2O8. The third-order valence-electron chi connectivity index (χ3n) is 6.13. The van der Waals surface area contributed by atoms with E-state index in [0.29, 0.717) is 19.7 Å². The van der Waals surface area contributed by atoms with Crippen molar-refractivity contribution in [1.29, 1.82) is 0 Å². The molecule has 34 heavy (non-hydrogen) atoms. The van der Waals surface area contributed by atoms with Crippen molar-refractivity contribution in [2.45, 2.75) is 39.2 Å². The monoisotopic (exact) mass is 478 g/mol. The Bertz CT molecular complexity index is 831. The topological polar surface area (TPSA) is 134 Å². The lowest BCUT2D eigenvalue weighted by atomic mass is 9.92. The smallest absolute Gasteiger partial charge is 0.414 e. The average Bonchev–Trinajstić information content (AvgIpc) is 2.85. The molecule has 0 spiro atoms. The minimum absolute atomic E-state index is 0.0494. The number of hydrogen-bond donors (Lipinski definition) is 2. The lowest BCUT2D eigenvalue weighted by Crippen LogP contribution is -2.46. The zero-order chi connectivity index (χ0) is 25.1. The van der Waals surface area contributed by atoms with Gasteiger partial charge in [-0.3, -0.25) is 14.5 Å². The molecular weight excluding hydrogens is 444 g/mol. The van der Waals surface area contributed by atoms with Crippen molar-refractivity contribution in [2.24, 2.45) is 11.8 Å². The number of rotatable bonds is 6. The van der Waals surface area contributed by atoms with E-state index in [2.05, 4.69) is 11.0 Å². The Kier molecular flexibility index (Phi) is 10.8. The third-order valence-corrected chi connectivity index (χ3v) is 6.13. The second-order valence-corrected chi connectivity index (χ2v) is 8.32. The number of hydrogen-bond acceptors (Lipinski definition) is 7. The minimum atomic E-state index is -1.82. The number of carbonyl (C=O) groups is 4. The van der Waals surface area contributed by atoms with E-state index in [1.807, 2.05) is 30.0 Å². The molecule has 0 radical (unpaired) electrons. The fourth-order valence-corrected chi connectivity index (χ4v) is 4.27. The van der Waals surface area contributed by atoms with Gasteiger partial charge in [-0.05, 0) is 51.8 Å². The summed E-state index contributed by atoms with van der Waals surface area (Å²) >= 11 is 0. The summed E-state index contributed by atoms with van der Waals surface area (Å²) in [6.07, 6.45) is 3.23. The van der Waals surface area contributed by atoms with Crippen molar-refractivity contribution in [3.8, 4) is 5.75 Å². The van der Waals surface area contributed by atoms with Gasteiger partial charge < -0.3 is 24.6 Å². The molecule has 0 saturated carbocycles. The number of amides is 1. The maximum atomic E-state index is 12.9. The van der Waals surface area contributed by atoms with Crippen LogP contribution < -0.4 is 4.74 Å². The molecule has 2 heterocycles. The molecule has 2 saturated heterocycles. The Balaban J connectivity index is 0.000000604. The predicted molar refractivity (Wildman–Crippen MR) is 122 cm³/mol. The van der Waals surface area contributed by atoms with Crippen LogP contribution in [-0.4, -0.2) is 83.7 Å². The number of likely N-dealkylation sites (tertiary alicyclic amines) is 2. The van der Waals surface area contributed by atoms with Gasteiger partial charge in [-0.2, -0.15) is 0 Å². The van der Waals surface area contributed by atoms with Crippen molar-refractivity contribution < 1.29 is 38.9 Å². The van der Waals surface area contributed by atoms with E-state index in [1.54, 1.807) is 7.11 Å². The van der Waals surface area contributed by atoms with Crippen LogP contribution in [0, 0.1) is 11.8 Å². The Morgan fingerprint density at radius 2 is 1.47 bits per heavy atom. The van der Waals surface area contributed by atoms with Crippen LogP contribution in [0.4, 0.5) is 0 Å². The van der Waals surface area contributed by atoms with E-state index >= 15 is 0 Å². The molecule has 2 N–H and O–H groups in total. The Morgan fingerprint density at radius 1 is 0.912 bits per heavy atom. The van der Waals surface area contributed by atoms with Gasteiger partial charge in [0.05, 0.1) is 19.6 Å². The number of ether oxygens (including phenoxy) is 2. The molecule has 3 rings (SSSR count). The van der Waals surface area contributed by atoms with E-state index < -0.39 is 11.9 Å². The molecule has 10 nitrogen and oxygen atoms in total. The quantitative estimate of drug-likeness (QED) is 0.464. The third kappa shape index (κ3) is 8.02. The molecule has 0 unspecified atom stereocenters. The number of carbonyl (C=O) groups excluding carboxylic acids is 2. The molecule has 1 amide bonds. The second-order valence-electron chi connectivity index (χ2n) is 8.32. The van der Waals surface area contributed by atoms with Crippen LogP contribution in [0.2, 0.25) is 0 Å². The molecule has 0 bridgehead atoms. The first-order valence-corrected chi connectivity index (χ1v) is 11.5. The number of esters is 1. The SMILES string of the molecule is CCOC(=O)C1CCN(C(=O)C2CCN(Cc3ccccc3OC)CC2)CC1.O=C(O)C(=O)O. The van der Waals surface area contributed by atoms with E-state index in [0.717, 1.165) is 51.1 Å². The number of piperidine rings is 2. The van der Waals surface area contributed by atoms with Crippen LogP contribution in [0.25, 0.3) is 0 Å². The number of benzene rings is 1. The molecule has 10 heteroatoms. The molecule has 0 aromatic heterocycles. The summed E-state index contributed by atoms with van der Waals surface area (Å²) < 4.78 is 10.6. The van der Waals surface area contributed by atoms with Crippen molar-refractivity contribution in [3.05, 3.63) is 29.8 Å². The highest BCUT2D eigenvalue weighted by molar-refractivity contribution is 6.27. The molecule has 1 aromatic carbocycles. The average molecular weight is 479 g/mol. The molecule has 0 aliphatic carbocycles. The molecule has 2 fully saturated rings. The molecule has 188 valence electrons. The van der Waals surface area contributed by atoms with Crippen LogP contribution in [0.15, 0.2) is 24.3 Å². The van der Waals surface area contributed by atoms with Gasteiger partial charge in [-0.15, -0.1) is 0 Å². The van der Waals surface area contributed by atoms with Crippen molar-refractivity contribution in [3.63, 3.8) is 0 Å². The van der Waals surface area contributed by atoms with Gasteiger partial charge in [0.15, 0.2) is 0 Å². The number of carboxylic acids is 2. The standard InChI is InChI=1S/C22H32N2O4.C2H2O4/c1-3-28-22(26)18-10-14-24(15-11-18)21(25)17-8-12-23(13-9-17)16-19-6-4-5-7-20(19)27-2;3-1(4)2(5)6/h4-7,17-18H,3,8-16H2,1-2H3;(H,3,4)(H,5,6). The lowest BCUT2D eigenvalue weighted by molar-refractivity contribution is -0.159. The fourth-order valence-electron chi connectivity index (χ4n) is 4.27. The van der Waals surface area contributed by atoms with Gasteiger partial charge in [0.1, 0.15) is 5.75 Å². The van der Waals surface area contributed by atoms with E-state index in [9.17, 15) is 9.59 Å². The summed E-state index contributed by atoms with van der Waals surface area (Å²) in [5, 5.41) is 14.8.